The van der Waals surface area contributed by atoms with E-state index in [0.717, 1.165) is 47.4 Å². The number of aromatic amines is 1. The van der Waals surface area contributed by atoms with Crippen molar-refractivity contribution in [3.63, 3.8) is 0 Å². The number of nitrogens with one attached hydrogen (secondary N) is 1. The second-order valence-electron chi connectivity index (χ2n) is 8.88. The summed E-state index contributed by atoms with van der Waals surface area (Å²) in [5, 5.41) is 24.7. The number of rotatable bonds is 8. The second kappa shape index (κ2) is 9.03. The smallest absolute Gasteiger partial charge is 0.178 e. The average Bonchev–Trinajstić information content (AvgIpc) is 3.55. The molecule has 1 atom stereocenters. The van der Waals surface area contributed by atoms with Crippen LogP contribution in [-0.2, 0) is 5.60 Å². The molecule has 0 radical (unpaired) electrons. The van der Waals surface area contributed by atoms with E-state index in [1.54, 1.807) is 18.3 Å². The van der Waals surface area contributed by atoms with Crippen molar-refractivity contribution >= 4 is 23.5 Å². The van der Waals surface area contributed by atoms with E-state index in [2.05, 4.69) is 32.0 Å². The van der Waals surface area contributed by atoms with Crippen LogP contribution in [0.2, 0.25) is 0 Å². The van der Waals surface area contributed by atoms with Gasteiger partial charge in [-0.15, -0.1) is 0 Å². The molecule has 8 heteroatoms. The fourth-order valence-corrected chi connectivity index (χ4v) is 4.52. The molecule has 4 aromatic rings. The molecule has 0 aliphatic heterocycles. The van der Waals surface area contributed by atoms with Gasteiger partial charge >= 0.3 is 0 Å². The molecule has 0 amide bonds. The summed E-state index contributed by atoms with van der Waals surface area (Å²) in [5.74, 6) is 2.03. The highest BCUT2D eigenvalue weighted by Crippen LogP contribution is 2.43. The van der Waals surface area contributed by atoms with Gasteiger partial charge in [0.2, 0.25) is 0 Å². The van der Waals surface area contributed by atoms with E-state index in [1.165, 1.54) is 0 Å². The van der Waals surface area contributed by atoms with Gasteiger partial charge in [-0.2, -0.15) is 10.2 Å². The van der Waals surface area contributed by atoms with Crippen LogP contribution in [0.5, 0.6) is 0 Å². The first-order valence-electron chi connectivity index (χ1n) is 11.8. The zero-order valence-electron chi connectivity index (χ0n) is 20.1. The minimum absolute atomic E-state index is 0.307. The topological polar surface area (TPSA) is 113 Å². The Labute approximate surface area is 203 Å². The summed E-state index contributed by atoms with van der Waals surface area (Å²) in [4.78, 5) is 13.0. The number of aryl methyl sites for hydroxylation is 2. The molecule has 1 aliphatic carbocycles. The Hall–Kier alpha value is -3.91. The Morgan fingerprint density at radius 2 is 2.14 bits per heavy atom. The van der Waals surface area contributed by atoms with Crippen molar-refractivity contribution < 1.29 is 9.63 Å². The summed E-state index contributed by atoms with van der Waals surface area (Å²) in [6, 6.07) is 9.39. The van der Waals surface area contributed by atoms with Gasteiger partial charge in [-0.25, -0.2) is 4.98 Å². The molecule has 3 aromatic heterocycles. The highest BCUT2D eigenvalue weighted by Gasteiger charge is 2.41. The van der Waals surface area contributed by atoms with Gasteiger partial charge in [-0.05, 0) is 69.0 Å². The highest BCUT2D eigenvalue weighted by atomic mass is 16.5. The minimum Gasteiger partial charge on any atom is -0.373 e. The van der Waals surface area contributed by atoms with E-state index in [1.807, 2.05) is 51.1 Å². The van der Waals surface area contributed by atoms with Crippen LogP contribution in [0.4, 0.5) is 0 Å². The average molecular weight is 469 g/mol. The fraction of sp³-hybridized carbons (Fsp3) is 0.296. The molecule has 35 heavy (non-hydrogen) atoms. The molecule has 0 bridgehead atoms. The lowest BCUT2D eigenvalue weighted by atomic mass is 9.82. The third-order valence-corrected chi connectivity index (χ3v) is 6.38. The van der Waals surface area contributed by atoms with E-state index in [-0.39, 0.29) is 0 Å². The largest absolute Gasteiger partial charge is 0.373 e. The second-order valence-corrected chi connectivity index (χ2v) is 8.88. The fourth-order valence-electron chi connectivity index (χ4n) is 4.52. The first-order valence-corrected chi connectivity index (χ1v) is 11.8. The number of pyridine rings is 1. The first kappa shape index (κ1) is 22.9. The van der Waals surface area contributed by atoms with Crippen LogP contribution in [0.3, 0.4) is 0 Å². The van der Waals surface area contributed by atoms with Gasteiger partial charge in [-0.3, -0.25) is 4.98 Å². The third-order valence-electron chi connectivity index (χ3n) is 6.38. The van der Waals surface area contributed by atoms with E-state index in [4.69, 9.17) is 9.51 Å². The molecule has 1 fully saturated rings. The van der Waals surface area contributed by atoms with Crippen molar-refractivity contribution in [3.8, 4) is 11.1 Å². The first-order chi connectivity index (χ1) is 17.0. The lowest BCUT2D eigenvalue weighted by molar-refractivity contribution is 0.153. The summed E-state index contributed by atoms with van der Waals surface area (Å²) in [7, 11) is 0. The molecule has 1 unspecified atom stereocenters. The molecule has 1 saturated carbocycles. The lowest BCUT2D eigenvalue weighted by Gasteiger charge is -2.28. The zero-order chi connectivity index (χ0) is 24.6. The Bertz CT molecular complexity index is 1430. The number of hydrogen-bond donors (Lipinski definition) is 2. The molecule has 178 valence electrons. The molecule has 3 heterocycles. The number of nitrogens with zero attached hydrogens (tertiary/aromatic N) is 5. The lowest BCUT2D eigenvalue weighted by Crippen LogP contribution is -2.37. The summed E-state index contributed by atoms with van der Waals surface area (Å²) in [5.41, 5.74) is 3.52. The van der Waals surface area contributed by atoms with Crippen molar-refractivity contribution in [1.82, 2.24) is 20.1 Å². The van der Waals surface area contributed by atoms with Gasteiger partial charge in [0.05, 0.1) is 22.4 Å². The quantitative estimate of drug-likeness (QED) is 0.267. The molecule has 1 aliphatic rings. The van der Waals surface area contributed by atoms with Crippen molar-refractivity contribution in [2.75, 3.05) is 0 Å². The van der Waals surface area contributed by atoms with E-state index < -0.39 is 5.60 Å². The Morgan fingerprint density at radius 1 is 1.31 bits per heavy atom. The summed E-state index contributed by atoms with van der Waals surface area (Å²) in [6.07, 6.45) is 8.31. The maximum absolute atomic E-state index is 12.6. The summed E-state index contributed by atoms with van der Waals surface area (Å²) >= 11 is 0. The van der Waals surface area contributed by atoms with Gasteiger partial charge in [0.15, 0.2) is 5.60 Å². The van der Waals surface area contributed by atoms with Crippen LogP contribution >= 0.6 is 0 Å². The molecule has 8 nitrogen and oxygen atoms in total. The van der Waals surface area contributed by atoms with Crippen molar-refractivity contribution in [2.45, 2.75) is 51.6 Å². The Morgan fingerprint density at radius 3 is 2.77 bits per heavy atom. The SMILES string of the molecule is C=N/N=C(/C=C\CC)C(O)(c1ccccn1)c1cc(-c2c(C)noc2C)cc2[nH]c(C3CC3)nc12. The third kappa shape index (κ3) is 4.00. The van der Waals surface area contributed by atoms with Crippen LogP contribution in [0.1, 0.15) is 60.6 Å². The van der Waals surface area contributed by atoms with E-state index >= 15 is 0 Å². The zero-order valence-corrected chi connectivity index (χ0v) is 20.1. The maximum Gasteiger partial charge on any atom is 0.178 e. The monoisotopic (exact) mass is 468 g/mol. The number of allylic oxidation sites excluding steroid dienone is 1. The summed E-state index contributed by atoms with van der Waals surface area (Å²) < 4.78 is 5.46. The Balaban J connectivity index is 1.87. The van der Waals surface area contributed by atoms with Crippen LogP contribution in [0.25, 0.3) is 22.2 Å². The number of benzene rings is 1. The van der Waals surface area contributed by atoms with E-state index in [9.17, 15) is 5.11 Å². The van der Waals surface area contributed by atoms with Gasteiger partial charge in [0.25, 0.3) is 0 Å². The van der Waals surface area contributed by atoms with Crippen LogP contribution < -0.4 is 0 Å². The predicted molar refractivity (Wildman–Crippen MR) is 137 cm³/mol. The van der Waals surface area contributed by atoms with Crippen LogP contribution in [0, 0.1) is 13.8 Å². The van der Waals surface area contributed by atoms with Gasteiger partial charge in [-0.1, -0.05) is 24.2 Å². The molecular weight excluding hydrogens is 440 g/mol. The number of H-pyrrole nitrogens is 1. The molecule has 5 rings (SSSR count). The summed E-state index contributed by atoms with van der Waals surface area (Å²) in [6.45, 7) is 9.34. The molecular formula is C27H28N6O2. The van der Waals surface area contributed by atoms with Gasteiger partial charge in [0, 0.05) is 30.0 Å². The molecule has 1 aromatic carbocycles. The number of aliphatic hydroxyl groups is 1. The number of fused-ring (bicyclic) bond motifs is 1. The van der Waals surface area contributed by atoms with Gasteiger partial charge in [0.1, 0.15) is 17.3 Å². The number of imidazole rings is 1. The minimum atomic E-state index is -1.74. The van der Waals surface area contributed by atoms with Crippen molar-refractivity contribution in [2.24, 2.45) is 10.2 Å². The highest BCUT2D eigenvalue weighted by molar-refractivity contribution is 6.07. The standard InChI is InChI=1S/C27H28N6O2/c1-5-6-9-23(32-28-4)27(34,22-10-7-8-13-29-22)20-14-19(24-16(2)33-35-17(24)3)15-21-25(20)31-26(30-21)18-11-12-18/h6-10,13-15,18,34H,4-5,11-12H2,1-3H3,(H,30,31)/b9-6-,32-23-. The van der Waals surface area contributed by atoms with E-state index in [0.29, 0.717) is 34.2 Å². The predicted octanol–water partition coefficient (Wildman–Crippen LogP) is 5.37. The molecule has 0 saturated heterocycles. The maximum atomic E-state index is 12.6. The molecule has 0 spiro atoms. The van der Waals surface area contributed by atoms with Crippen LogP contribution in [-0.4, -0.2) is 37.6 Å². The molecule has 2 N–H and O–H groups in total. The normalized spacial score (nSPS) is 16.2. The van der Waals surface area contributed by atoms with Crippen LogP contribution in [0.15, 0.2) is 63.4 Å². The number of hydrogen-bond acceptors (Lipinski definition) is 7. The Kier molecular flexibility index (Phi) is 5.90. The van der Waals surface area contributed by atoms with Crippen molar-refractivity contribution in [3.05, 3.63) is 77.2 Å². The van der Waals surface area contributed by atoms with Gasteiger partial charge < -0.3 is 14.6 Å². The van der Waals surface area contributed by atoms with Crippen molar-refractivity contribution in [1.29, 1.82) is 0 Å². The number of aromatic nitrogens is 4.